The summed E-state index contributed by atoms with van der Waals surface area (Å²) in [6.45, 7) is 6.77. The fraction of sp³-hybridized carbons (Fsp3) is 0.438. The SMILES string of the molecule is CCCNCc1cc(CN(C)c2ccccc2C)on1. The van der Waals surface area contributed by atoms with E-state index in [0.29, 0.717) is 0 Å². The van der Waals surface area contributed by atoms with E-state index >= 15 is 0 Å². The first-order valence-electron chi connectivity index (χ1n) is 7.12. The van der Waals surface area contributed by atoms with Crippen molar-refractivity contribution >= 4 is 5.69 Å². The van der Waals surface area contributed by atoms with Crippen molar-refractivity contribution in [2.75, 3.05) is 18.5 Å². The van der Waals surface area contributed by atoms with Gasteiger partial charge in [-0.15, -0.1) is 0 Å². The molecule has 1 heterocycles. The maximum absolute atomic E-state index is 5.40. The van der Waals surface area contributed by atoms with Gasteiger partial charge in [-0.05, 0) is 31.5 Å². The molecule has 108 valence electrons. The minimum Gasteiger partial charge on any atom is -0.367 e. The zero-order valence-electron chi connectivity index (χ0n) is 12.5. The molecule has 4 nitrogen and oxygen atoms in total. The van der Waals surface area contributed by atoms with Crippen molar-refractivity contribution in [1.82, 2.24) is 10.5 Å². The number of hydrogen-bond acceptors (Lipinski definition) is 4. The van der Waals surface area contributed by atoms with E-state index in [0.717, 1.165) is 37.5 Å². The van der Waals surface area contributed by atoms with Crippen LogP contribution in [-0.4, -0.2) is 18.7 Å². The van der Waals surface area contributed by atoms with Crippen molar-refractivity contribution in [2.24, 2.45) is 0 Å². The predicted molar refractivity (Wildman–Crippen MR) is 81.8 cm³/mol. The highest BCUT2D eigenvalue weighted by atomic mass is 16.5. The fourth-order valence-electron chi connectivity index (χ4n) is 2.22. The summed E-state index contributed by atoms with van der Waals surface area (Å²) in [7, 11) is 2.07. The lowest BCUT2D eigenvalue weighted by molar-refractivity contribution is 0.375. The highest BCUT2D eigenvalue weighted by Crippen LogP contribution is 2.20. The lowest BCUT2D eigenvalue weighted by Gasteiger charge is -2.19. The molecule has 0 atom stereocenters. The molecule has 0 saturated carbocycles. The number of aryl methyl sites for hydroxylation is 1. The van der Waals surface area contributed by atoms with Gasteiger partial charge in [-0.25, -0.2) is 0 Å². The maximum Gasteiger partial charge on any atom is 0.156 e. The van der Waals surface area contributed by atoms with Gasteiger partial charge in [0.2, 0.25) is 0 Å². The van der Waals surface area contributed by atoms with Crippen molar-refractivity contribution < 1.29 is 4.52 Å². The molecule has 0 radical (unpaired) electrons. The summed E-state index contributed by atoms with van der Waals surface area (Å²) in [6, 6.07) is 10.4. The van der Waals surface area contributed by atoms with Crippen molar-refractivity contribution in [2.45, 2.75) is 33.4 Å². The van der Waals surface area contributed by atoms with Crippen LogP contribution >= 0.6 is 0 Å². The van der Waals surface area contributed by atoms with E-state index in [4.69, 9.17) is 4.52 Å². The van der Waals surface area contributed by atoms with Gasteiger partial charge in [0.05, 0.1) is 12.2 Å². The molecular weight excluding hydrogens is 250 g/mol. The van der Waals surface area contributed by atoms with Crippen LogP contribution in [-0.2, 0) is 13.1 Å². The minimum absolute atomic E-state index is 0.728. The third-order valence-corrected chi connectivity index (χ3v) is 3.26. The summed E-state index contributed by atoms with van der Waals surface area (Å²) in [5.74, 6) is 0.893. The molecule has 0 saturated heterocycles. The summed E-state index contributed by atoms with van der Waals surface area (Å²) < 4.78 is 5.40. The molecule has 1 aromatic heterocycles. The standard InChI is InChI=1S/C16H23N3O/c1-4-9-17-11-14-10-15(20-18-14)12-19(3)16-8-6-5-7-13(16)2/h5-8,10,17H,4,9,11-12H2,1-3H3. The second-order valence-corrected chi connectivity index (χ2v) is 5.10. The largest absolute Gasteiger partial charge is 0.367 e. The predicted octanol–water partition coefficient (Wildman–Crippen LogP) is 3.12. The first-order valence-corrected chi connectivity index (χ1v) is 7.12. The Morgan fingerprint density at radius 1 is 1.30 bits per heavy atom. The van der Waals surface area contributed by atoms with Crippen LogP contribution in [0.4, 0.5) is 5.69 Å². The van der Waals surface area contributed by atoms with Crippen LogP contribution in [0.1, 0.15) is 30.4 Å². The van der Waals surface area contributed by atoms with Crippen LogP contribution in [0.3, 0.4) is 0 Å². The van der Waals surface area contributed by atoms with Gasteiger partial charge in [-0.2, -0.15) is 0 Å². The van der Waals surface area contributed by atoms with E-state index in [1.165, 1.54) is 11.3 Å². The van der Waals surface area contributed by atoms with Gasteiger partial charge >= 0.3 is 0 Å². The number of aromatic nitrogens is 1. The van der Waals surface area contributed by atoms with Crippen LogP contribution in [0.25, 0.3) is 0 Å². The molecule has 4 heteroatoms. The second-order valence-electron chi connectivity index (χ2n) is 5.10. The van der Waals surface area contributed by atoms with Crippen LogP contribution < -0.4 is 10.2 Å². The van der Waals surface area contributed by atoms with Gasteiger partial charge in [0.25, 0.3) is 0 Å². The number of para-hydroxylation sites is 1. The topological polar surface area (TPSA) is 41.3 Å². The molecular formula is C16H23N3O. The van der Waals surface area contributed by atoms with Crippen molar-refractivity contribution in [3.05, 3.63) is 47.3 Å². The number of anilines is 1. The maximum atomic E-state index is 5.40. The lowest BCUT2D eigenvalue weighted by atomic mass is 10.2. The van der Waals surface area contributed by atoms with Crippen molar-refractivity contribution in [3.8, 4) is 0 Å². The van der Waals surface area contributed by atoms with E-state index in [9.17, 15) is 0 Å². The van der Waals surface area contributed by atoms with Crippen LogP contribution in [0.2, 0.25) is 0 Å². The molecule has 0 aliphatic heterocycles. The average Bonchev–Trinajstić information content (AvgIpc) is 2.87. The van der Waals surface area contributed by atoms with Gasteiger partial charge in [-0.3, -0.25) is 0 Å². The van der Waals surface area contributed by atoms with Crippen LogP contribution in [0.15, 0.2) is 34.9 Å². The third-order valence-electron chi connectivity index (χ3n) is 3.26. The summed E-state index contributed by atoms with van der Waals surface area (Å²) in [5, 5.41) is 7.42. The molecule has 0 amide bonds. The summed E-state index contributed by atoms with van der Waals surface area (Å²) in [6.07, 6.45) is 1.13. The Labute approximate surface area is 120 Å². The molecule has 1 N–H and O–H groups in total. The van der Waals surface area contributed by atoms with Gasteiger partial charge in [-0.1, -0.05) is 30.3 Å². The van der Waals surface area contributed by atoms with Crippen LogP contribution in [0.5, 0.6) is 0 Å². The van der Waals surface area contributed by atoms with Crippen molar-refractivity contribution in [1.29, 1.82) is 0 Å². The molecule has 2 aromatic rings. The quantitative estimate of drug-likeness (QED) is 0.787. The molecule has 1 aromatic carbocycles. The number of nitrogens with zero attached hydrogens (tertiary/aromatic N) is 2. The van der Waals surface area contributed by atoms with E-state index in [2.05, 4.69) is 60.5 Å². The molecule has 0 unspecified atom stereocenters. The summed E-state index contributed by atoms with van der Waals surface area (Å²) in [5.41, 5.74) is 3.44. The normalized spacial score (nSPS) is 10.8. The Hall–Kier alpha value is -1.81. The van der Waals surface area contributed by atoms with E-state index < -0.39 is 0 Å². The monoisotopic (exact) mass is 273 g/mol. The molecule has 0 spiro atoms. The Bertz CT molecular complexity index is 536. The molecule has 0 fully saturated rings. The minimum atomic E-state index is 0.728. The number of nitrogens with one attached hydrogen (secondary N) is 1. The van der Waals surface area contributed by atoms with Gasteiger partial charge in [0, 0.05) is 25.3 Å². The fourth-order valence-corrected chi connectivity index (χ4v) is 2.22. The van der Waals surface area contributed by atoms with Gasteiger partial charge in [0.1, 0.15) is 0 Å². The Balaban J connectivity index is 1.95. The first kappa shape index (κ1) is 14.6. The molecule has 0 bridgehead atoms. The second kappa shape index (κ2) is 7.10. The Kier molecular flexibility index (Phi) is 5.18. The first-order chi connectivity index (χ1) is 9.70. The number of rotatable bonds is 7. The molecule has 20 heavy (non-hydrogen) atoms. The van der Waals surface area contributed by atoms with Gasteiger partial charge < -0.3 is 14.7 Å². The summed E-state index contributed by atoms with van der Waals surface area (Å²) >= 11 is 0. The highest BCUT2D eigenvalue weighted by molar-refractivity contribution is 5.52. The van der Waals surface area contributed by atoms with E-state index in [1.807, 2.05) is 6.07 Å². The smallest absolute Gasteiger partial charge is 0.156 e. The highest BCUT2D eigenvalue weighted by Gasteiger charge is 2.09. The number of benzene rings is 1. The van der Waals surface area contributed by atoms with E-state index in [-0.39, 0.29) is 0 Å². The summed E-state index contributed by atoms with van der Waals surface area (Å²) in [4.78, 5) is 2.18. The molecule has 0 aliphatic rings. The average molecular weight is 273 g/mol. The molecule has 0 aliphatic carbocycles. The lowest BCUT2D eigenvalue weighted by Crippen LogP contribution is -2.17. The zero-order chi connectivity index (χ0) is 14.4. The Morgan fingerprint density at radius 3 is 2.85 bits per heavy atom. The third kappa shape index (κ3) is 3.84. The van der Waals surface area contributed by atoms with Gasteiger partial charge in [0.15, 0.2) is 5.76 Å². The zero-order valence-corrected chi connectivity index (χ0v) is 12.5. The molecule has 2 rings (SSSR count). The number of hydrogen-bond donors (Lipinski definition) is 1. The Morgan fingerprint density at radius 2 is 2.10 bits per heavy atom. The van der Waals surface area contributed by atoms with Crippen LogP contribution in [0, 0.1) is 6.92 Å². The van der Waals surface area contributed by atoms with E-state index in [1.54, 1.807) is 0 Å². The van der Waals surface area contributed by atoms with Crippen molar-refractivity contribution in [3.63, 3.8) is 0 Å².